The van der Waals surface area contributed by atoms with Crippen LogP contribution in [-0.4, -0.2) is 165 Å². The van der Waals surface area contributed by atoms with Crippen molar-refractivity contribution < 1.29 is 62.9 Å². The number of aromatic nitrogens is 4. The van der Waals surface area contributed by atoms with Gasteiger partial charge in [0.15, 0.2) is 23.1 Å². The molecule has 25 nitrogen and oxygen atoms in total. The minimum atomic E-state index is -1.22. The van der Waals surface area contributed by atoms with Gasteiger partial charge in [0.2, 0.25) is 0 Å². The van der Waals surface area contributed by atoms with Crippen molar-refractivity contribution in [3.63, 3.8) is 0 Å². The molecule has 0 spiro atoms. The highest BCUT2D eigenvalue weighted by Gasteiger charge is 2.47. The van der Waals surface area contributed by atoms with Crippen LogP contribution in [0.3, 0.4) is 0 Å². The van der Waals surface area contributed by atoms with Gasteiger partial charge in [0.25, 0.3) is 5.91 Å². The first kappa shape index (κ1) is 51.1. The van der Waals surface area contributed by atoms with Crippen LogP contribution in [0.15, 0.2) is 86.8 Å². The highest BCUT2D eigenvalue weighted by atomic mass is 16.6. The summed E-state index contributed by atoms with van der Waals surface area (Å²) >= 11 is 0. The van der Waals surface area contributed by atoms with E-state index in [0.717, 1.165) is 0 Å². The predicted octanol–water partition coefficient (Wildman–Crippen LogP) is 1.77. The van der Waals surface area contributed by atoms with E-state index in [0.29, 0.717) is 67.0 Å². The summed E-state index contributed by atoms with van der Waals surface area (Å²) in [6.45, 7) is 2.61. The van der Waals surface area contributed by atoms with Crippen molar-refractivity contribution in [2.75, 3.05) is 71.6 Å². The Labute approximate surface area is 409 Å². The van der Waals surface area contributed by atoms with Crippen molar-refractivity contribution in [2.45, 2.75) is 61.9 Å². The fraction of sp³-hybridized carbons (Fsp3) is 0.426. The van der Waals surface area contributed by atoms with Crippen LogP contribution in [0.5, 0.6) is 5.75 Å². The predicted molar refractivity (Wildman–Crippen MR) is 255 cm³/mol. The monoisotopic (exact) mass is 997 g/mol. The van der Waals surface area contributed by atoms with E-state index >= 15 is 0 Å². The van der Waals surface area contributed by atoms with E-state index in [1.807, 2.05) is 0 Å². The van der Waals surface area contributed by atoms with Crippen molar-refractivity contribution in [1.82, 2.24) is 29.8 Å². The van der Waals surface area contributed by atoms with E-state index in [1.165, 1.54) is 61.2 Å². The molecule has 0 bridgehead atoms. The number of aliphatic hydroxyl groups is 1. The van der Waals surface area contributed by atoms with Gasteiger partial charge in [-0.1, -0.05) is 5.22 Å². The average Bonchev–Trinajstić information content (AvgIpc) is 4.08. The van der Waals surface area contributed by atoms with Gasteiger partial charge in [-0.15, -0.1) is 0 Å². The summed E-state index contributed by atoms with van der Waals surface area (Å²) in [6.07, 6.45) is -0.234. The van der Waals surface area contributed by atoms with Crippen LogP contribution >= 0.6 is 0 Å². The number of fused-ring (bicyclic) bond motifs is 3. The number of carbonyl (C=O) groups is 3. The van der Waals surface area contributed by atoms with Gasteiger partial charge in [0.05, 0.1) is 83.4 Å². The maximum Gasteiger partial charge on any atom is 0.336 e. The molecular formula is C47H55N11O14. The molecule has 1 amide bonds. The maximum atomic E-state index is 13.3. The Morgan fingerprint density at radius 2 is 1.68 bits per heavy atom. The SMILES string of the molecule is Nc1ncnc2c1ncn2[C@@H]1O[C@H](C[C@@H](N)CC[C@H](N)C(=O)O)[C@@H](O)[C@H]1OCC1CN=NN1CCOCCOCCOCCNC(=O)c1ccc(C(=O)O)c(-c2c3ccc(=O)cc-3oc3cc(O)ccc23)c1. The summed E-state index contributed by atoms with van der Waals surface area (Å²) in [4.78, 5) is 61.7. The van der Waals surface area contributed by atoms with Crippen LogP contribution in [0.2, 0.25) is 0 Å². The van der Waals surface area contributed by atoms with Crippen molar-refractivity contribution in [2.24, 2.45) is 21.8 Å². The summed E-state index contributed by atoms with van der Waals surface area (Å²) in [6, 6.07) is 10.9. The molecule has 2 aromatic heterocycles. The lowest BCUT2D eigenvalue weighted by atomic mass is 9.89. The molecule has 2 aromatic carbocycles. The number of carboxylic acid groups (broad SMARTS) is 2. The van der Waals surface area contributed by atoms with E-state index in [2.05, 4.69) is 30.6 Å². The van der Waals surface area contributed by atoms with Gasteiger partial charge in [-0.05, 0) is 67.3 Å². The third kappa shape index (κ3) is 11.9. The Bertz CT molecular complexity index is 2930. The summed E-state index contributed by atoms with van der Waals surface area (Å²) in [5.74, 6) is -2.53. The number of benzene rings is 3. The Morgan fingerprint density at radius 1 is 0.903 bits per heavy atom. The van der Waals surface area contributed by atoms with Gasteiger partial charge >= 0.3 is 11.9 Å². The molecule has 25 heteroatoms. The Balaban J connectivity index is 0.749. The molecule has 1 unspecified atom stereocenters. The minimum Gasteiger partial charge on any atom is -0.508 e. The molecule has 3 aliphatic heterocycles. The molecule has 4 aliphatic rings. The van der Waals surface area contributed by atoms with Crippen LogP contribution in [0.4, 0.5) is 5.82 Å². The van der Waals surface area contributed by atoms with Crippen molar-refractivity contribution in [3.05, 3.63) is 88.6 Å². The number of ether oxygens (including phenoxy) is 5. The second-order valence-corrected chi connectivity index (χ2v) is 17.2. The van der Waals surface area contributed by atoms with Crippen LogP contribution < -0.4 is 27.9 Å². The highest BCUT2D eigenvalue weighted by molar-refractivity contribution is 6.09. The van der Waals surface area contributed by atoms with Gasteiger partial charge in [-0.25, -0.2) is 19.7 Å². The standard InChI is InChI=1S/C47H55N11O14/c48-26(2-8-34(49)47(65)66)18-37-40(61)41(45(72-37)57-24-54-39-42(50)52-23-53-43(39)57)70-22-27-21-55-56-58(27)10-12-68-14-16-69-15-13-67-11-9-51-44(62)25-1-5-30(46(63)64)33(17-25)38-31-6-3-28(59)19-35(31)71-36-20-29(60)4-7-32(36)38/h1,3-7,17,19-20,23-24,26-27,34,37,40-41,45,59,61H,2,8-16,18,21-22,48-49H2,(H,51,62)(H,63,64)(H,65,66)(H2,50,52,53)/t26-,27?,34-,37+,40+,41+,45+/m0/s1. The number of carbonyl (C=O) groups excluding carboxylic acids is 1. The fourth-order valence-electron chi connectivity index (χ4n) is 8.54. The number of nitrogens with two attached hydrogens (primary N) is 3. The number of amides is 1. The van der Waals surface area contributed by atoms with Gasteiger partial charge in [0, 0.05) is 46.8 Å². The quantitative estimate of drug-likeness (QED) is 0.0299. The molecule has 5 heterocycles. The van der Waals surface area contributed by atoms with Crippen molar-refractivity contribution in [1.29, 1.82) is 0 Å². The third-order valence-electron chi connectivity index (χ3n) is 12.2. The number of nitrogen functional groups attached to an aromatic ring is 1. The number of nitrogens with zero attached hydrogens (tertiary/aromatic N) is 7. The van der Waals surface area contributed by atoms with Crippen LogP contribution in [0.25, 0.3) is 44.6 Å². The lowest BCUT2D eigenvalue weighted by Crippen LogP contribution is -2.41. The second kappa shape index (κ2) is 23.3. The Kier molecular flexibility index (Phi) is 16.6. The number of anilines is 1. The molecule has 11 N–H and O–H groups in total. The molecule has 0 radical (unpaired) electrons. The number of aliphatic hydroxyl groups excluding tert-OH is 1. The smallest absolute Gasteiger partial charge is 0.336 e. The zero-order valence-electron chi connectivity index (χ0n) is 38.8. The minimum absolute atomic E-state index is 0.0763. The van der Waals surface area contributed by atoms with E-state index in [1.54, 1.807) is 15.6 Å². The molecule has 1 aliphatic carbocycles. The summed E-state index contributed by atoms with van der Waals surface area (Å²) in [5, 5.41) is 54.4. The van der Waals surface area contributed by atoms with Gasteiger partial charge in [-0.3, -0.25) is 24.0 Å². The number of imidazole rings is 1. The number of phenols is 1. The lowest BCUT2D eigenvalue weighted by Gasteiger charge is -2.26. The second-order valence-electron chi connectivity index (χ2n) is 17.2. The molecule has 4 aromatic rings. The summed E-state index contributed by atoms with van der Waals surface area (Å²) < 4.78 is 37.3. The molecule has 7 atom stereocenters. The number of aliphatic carboxylic acids is 1. The molecule has 8 rings (SSSR count). The topological polar surface area (TPSA) is 370 Å². The van der Waals surface area contributed by atoms with Crippen LogP contribution in [0.1, 0.15) is 46.2 Å². The van der Waals surface area contributed by atoms with Crippen molar-refractivity contribution >= 4 is 45.8 Å². The molecule has 0 saturated carbocycles. The first-order chi connectivity index (χ1) is 34.8. The van der Waals surface area contributed by atoms with Crippen LogP contribution in [0, 0.1) is 0 Å². The normalized spacial score (nSPS) is 19.7. The number of aromatic carboxylic acids is 1. The van der Waals surface area contributed by atoms with Gasteiger partial charge in [0.1, 0.15) is 47.2 Å². The fourth-order valence-corrected chi connectivity index (χ4v) is 8.54. The third-order valence-corrected chi connectivity index (χ3v) is 12.2. The largest absolute Gasteiger partial charge is 0.508 e. The molecule has 72 heavy (non-hydrogen) atoms. The lowest BCUT2D eigenvalue weighted by molar-refractivity contribution is -0.138. The molecule has 382 valence electrons. The molecular weight excluding hydrogens is 943 g/mol. The zero-order chi connectivity index (χ0) is 50.9. The van der Waals surface area contributed by atoms with Gasteiger partial charge < -0.3 is 71.0 Å². The molecule has 1 fully saturated rings. The van der Waals surface area contributed by atoms with E-state index in [-0.39, 0.29) is 96.9 Å². The average molecular weight is 998 g/mol. The number of aromatic hydroxyl groups is 1. The number of carboxylic acids is 2. The number of phenolic OH excluding ortho intramolecular Hbond substituents is 1. The first-order valence-electron chi connectivity index (χ1n) is 23.1. The Morgan fingerprint density at radius 3 is 2.46 bits per heavy atom. The first-order valence-corrected chi connectivity index (χ1v) is 23.1. The maximum absolute atomic E-state index is 13.3. The number of rotatable bonds is 25. The van der Waals surface area contributed by atoms with E-state index in [4.69, 9.17) is 45.3 Å². The summed E-state index contributed by atoms with van der Waals surface area (Å²) in [7, 11) is 0. The van der Waals surface area contributed by atoms with E-state index in [9.17, 15) is 39.6 Å². The summed E-state index contributed by atoms with van der Waals surface area (Å²) in [5.41, 5.74) is 19.9. The zero-order valence-corrected chi connectivity index (χ0v) is 38.8. The van der Waals surface area contributed by atoms with Crippen LogP contribution in [-0.2, 0) is 28.5 Å². The highest BCUT2D eigenvalue weighted by Crippen LogP contribution is 2.42. The number of nitrogens with one attached hydrogen (secondary N) is 1. The van der Waals surface area contributed by atoms with Crippen molar-refractivity contribution in [3.8, 4) is 28.2 Å². The number of hydrogen-bond acceptors (Lipinski definition) is 21. The molecule has 1 saturated heterocycles. The number of hydrogen-bond donors (Lipinski definition) is 8. The van der Waals surface area contributed by atoms with Gasteiger partial charge in [-0.2, -0.15) is 5.11 Å². The van der Waals surface area contributed by atoms with E-state index < -0.39 is 54.5 Å². The Hall–Kier alpha value is -7.23.